The summed E-state index contributed by atoms with van der Waals surface area (Å²) in [5, 5.41) is 0.512. The lowest BCUT2D eigenvalue weighted by atomic mass is 10.1. The van der Waals surface area contributed by atoms with Gasteiger partial charge in [-0.05, 0) is 36.1 Å². The van der Waals surface area contributed by atoms with Crippen LogP contribution in [0.15, 0.2) is 12.1 Å². The Morgan fingerprint density at radius 1 is 1.50 bits per heavy atom. The molecule has 0 spiro atoms. The van der Waals surface area contributed by atoms with Gasteiger partial charge in [0.2, 0.25) is 0 Å². The van der Waals surface area contributed by atoms with E-state index in [1.165, 1.54) is 12.1 Å². The van der Waals surface area contributed by atoms with Crippen LogP contribution in [-0.2, 0) is 6.42 Å². The lowest BCUT2D eigenvalue weighted by molar-refractivity contribution is 0.622. The fraction of sp³-hybridized carbons (Fsp3) is 0.333. The average Bonchev–Trinajstić information content (AvgIpc) is 2.33. The molecule has 0 saturated carbocycles. The van der Waals surface area contributed by atoms with E-state index >= 15 is 0 Å². The fourth-order valence-electron chi connectivity index (χ4n) is 1.67. The summed E-state index contributed by atoms with van der Waals surface area (Å²) in [7, 11) is 0. The van der Waals surface area contributed by atoms with Crippen molar-refractivity contribution < 1.29 is 4.39 Å². The summed E-state index contributed by atoms with van der Waals surface area (Å²) in [6, 6.07) is 2.80. The summed E-state index contributed by atoms with van der Waals surface area (Å²) >= 11 is 5.84. The Morgan fingerprint density at radius 3 is 3.00 bits per heavy atom. The lowest BCUT2D eigenvalue weighted by Crippen LogP contribution is -2.05. The standard InChI is InChI=1S/C9H9ClFN/c10-8-4-5(11)3-7-6(8)1-2-9(7)12/h3-4,9H,1-2,12H2. The van der Waals surface area contributed by atoms with Crippen LogP contribution in [0.25, 0.3) is 0 Å². The van der Waals surface area contributed by atoms with Gasteiger partial charge in [0.1, 0.15) is 5.82 Å². The van der Waals surface area contributed by atoms with E-state index in [4.69, 9.17) is 17.3 Å². The zero-order valence-electron chi connectivity index (χ0n) is 6.48. The van der Waals surface area contributed by atoms with Crippen molar-refractivity contribution in [2.24, 2.45) is 5.73 Å². The van der Waals surface area contributed by atoms with E-state index in [2.05, 4.69) is 0 Å². The molecule has 0 aromatic heterocycles. The molecule has 2 N–H and O–H groups in total. The van der Waals surface area contributed by atoms with E-state index in [1.807, 2.05) is 0 Å². The van der Waals surface area contributed by atoms with Crippen LogP contribution < -0.4 is 5.73 Å². The van der Waals surface area contributed by atoms with Crippen LogP contribution in [0.5, 0.6) is 0 Å². The van der Waals surface area contributed by atoms with E-state index in [0.29, 0.717) is 5.02 Å². The third-order valence-electron chi connectivity index (χ3n) is 2.30. The van der Waals surface area contributed by atoms with Gasteiger partial charge in [-0.2, -0.15) is 0 Å². The highest BCUT2D eigenvalue weighted by molar-refractivity contribution is 6.31. The summed E-state index contributed by atoms with van der Waals surface area (Å²) in [6.07, 6.45) is 1.74. The first-order chi connectivity index (χ1) is 5.68. The molecule has 1 atom stereocenters. The van der Waals surface area contributed by atoms with Gasteiger partial charge < -0.3 is 5.73 Å². The van der Waals surface area contributed by atoms with Crippen LogP contribution in [0.3, 0.4) is 0 Å². The SMILES string of the molecule is NC1CCc2c(Cl)cc(F)cc21. The summed E-state index contributed by atoms with van der Waals surface area (Å²) in [5.74, 6) is -0.295. The smallest absolute Gasteiger partial charge is 0.125 e. The minimum absolute atomic E-state index is 0.0341. The Kier molecular flexibility index (Phi) is 1.81. The topological polar surface area (TPSA) is 26.0 Å². The van der Waals surface area contributed by atoms with Crippen LogP contribution in [0, 0.1) is 5.82 Å². The van der Waals surface area contributed by atoms with Gasteiger partial charge in [0.15, 0.2) is 0 Å². The molecular formula is C9H9ClFN. The van der Waals surface area contributed by atoms with Gasteiger partial charge >= 0.3 is 0 Å². The minimum Gasteiger partial charge on any atom is -0.324 e. The molecule has 64 valence electrons. The molecule has 0 amide bonds. The molecule has 2 rings (SSSR count). The first-order valence-corrected chi connectivity index (χ1v) is 4.29. The Labute approximate surface area is 75.3 Å². The van der Waals surface area contributed by atoms with Gasteiger partial charge in [0.25, 0.3) is 0 Å². The molecule has 0 fully saturated rings. The highest BCUT2D eigenvalue weighted by Crippen LogP contribution is 2.34. The Morgan fingerprint density at radius 2 is 2.25 bits per heavy atom. The first-order valence-electron chi connectivity index (χ1n) is 3.92. The number of hydrogen-bond acceptors (Lipinski definition) is 1. The summed E-state index contributed by atoms with van der Waals surface area (Å²) in [5.41, 5.74) is 7.65. The van der Waals surface area contributed by atoms with Crippen molar-refractivity contribution in [3.05, 3.63) is 34.1 Å². The normalized spacial score (nSPS) is 21.1. The van der Waals surface area contributed by atoms with Gasteiger partial charge in [0.05, 0.1) is 0 Å². The maximum absolute atomic E-state index is 12.9. The number of halogens is 2. The van der Waals surface area contributed by atoms with Crippen LogP contribution in [0.2, 0.25) is 5.02 Å². The van der Waals surface area contributed by atoms with E-state index in [1.54, 1.807) is 0 Å². The van der Waals surface area contributed by atoms with Gasteiger partial charge in [-0.3, -0.25) is 0 Å². The largest absolute Gasteiger partial charge is 0.324 e. The molecule has 3 heteroatoms. The number of fused-ring (bicyclic) bond motifs is 1. The zero-order chi connectivity index (χ0) is 8.72. The monoisotopic (exact) mass is 185 g/mol. The molecule has 0 saturated heterocycles. The quantitative estimate of drug-likeness (QED) is 0.660. The summed E-state index contributed by atoms with van der Waals surface area (Å²) in [6.45, 7) is 0. The minimum atomic E-state index is -0.295. The molecule has 1 aromatic rings. The third kappa shape index (κ3) is 1.11. The molecule has 1 aliphatic carbocycles. The van der Waals surface area contributed by atoms with Crippen LogP contribution >= 0.6 is 11.6 Å². The van der Waals surface area contributed by atoms with Crippen molar-refractivity contribution in [2.75, 3.05) is 0 Å². The first kappa shape index (κ1) is 8.02. The van der Waals surface area contributed by atoms with Crippen molar-refractivity contribution in [1.29, 1.82) is 0 Å². The molecule has 12 heavy (non-hydrogen) atoms. The lowest BCUT2D eigenvalue weighted by Gasteiger charge is -2.05. The van der Waals surface area contributed by atoms with E-state index in [-0.39, 0.29) is 11.9 Å². The van der Waals surface area contributed by atoms with Crippen LogP contribution in [0.4, 0.5) is 4.39 Å². The van der Waals surface area contributed by atoms with Crippen molar-refractivity contribution in [2.45, 2.75) is 18.9 Å². The Balaban J connectivity index is 2.60. The third-order valence-corrected chi connectivity index (χ3v) is 2.64. The van der Waals surface area contributed by atoms with Gasteiger partial charge in [-0.15, -0.1) is 0 Å². The fourth-order valence-corrected chi connectivity index (χ4v) is 1.98. The second-order valence-corrected chi connectivity index (χ2v) is 3.51. The van der Waals surface area contributed by atoms with Crippen molar-refractivity contribution in [1.82, 2.24) is 0 Å². The van der Waals surface area contributed by atoms with E-state index in [0.717, 1.165) is 24.0 Å². The summed E-state index contributed by atoms with van der Waals surface area (Å²) in [4.78, 5) is 0. The number of hydrogen-bond donors (Lipinski definition) is 1. The maximum Gasteiger partial charge on any atom is 0.125 e. The molecule has 0 radical (unpaired) electrons. The second-order valence-electron chi connectivity index (χ2n) is 3.10. The molecule has 0 heterocycles. The van der Waals surface area contributed by atoms with E-state index in [9.17, 15) is 4.39 Å². The van der Waals surface area contributed by atoms with Crippen molar-refractivity contribution in [3.63, 3.8) is 0 Å². The molecule has 0 aliphatic heterocycles. The maximum atomic E-state index is 12.9. The molecule has 1 aromatic carbocycles. The zero-order valence-corrected chi connectivity index (χ0v) is 7.24. The number of benzene rings is 1. The predicted octanol–water partition coefficient (Wildman–Crippen LogP) is 2.43. The van der Waals surface area contributed by atoms with E-state index < -0.39 is 0 Å². The van der Waals surface area contributed by atoms with Crippen LogP contribution in [-0.4, -0.2) is 0 Å². The molecule has 1 unspecified atom stereocenters. The molecule has 0 bridgehead atoms. The van der Waals surface area contributed by atoms with Gasteiger partial charge in [0, 0.05) is 11.1 Å². The Hall–Kier alpha value is -0.600. The molecule has 1 nitrogen and oxygen atoms in total. The van der Waals surface area contributed by atoms with Crippen molar-refractivity contribution >= 4 is 11.6 Å². The van der Waals surface area contributed by atoms with Crippen molar-refractivity contribution in [3.8, 4) is 0 Å². The average molecular weight is 186 g/mol. The number of nitrogens with two attached hydrogens (primary N) is 1. The predicted molar refractivity (Wildman–Crippen MR) is 46.7 cm³/mol. The highest BCUT2D eigenvalue weighted by atomic mass is 35.5. The highest BCUT2D eigenvalue weighted by Gasteiger charge is 2.21. The number of rotatable bonds is 0. The molecular weight excluding hydrogens is 177 g/mol. The molecule has 1 aliphatic rings. The van der Waals surface area contributed by atoms with Gasteiger partial charge in [-0.25, -0.2) is 4.39 Å². The second kappa shape index (κ2) is 2.71. The Bertz CT molecular complexity index is 325. The van der Waals surface area contributed by atoms with Gasteiger partial charge in [-0.1, -0.05) is 11.6 Å². The van der Waals surface area contributed by atoms with Crippen LogP contribution in [0.1, 0.15) is 23.6 Å². The summed E-state index contributed by atoms with van der Waals surface area (Å²) < 4.78 is 12.9.